The molecule has 2 fully saturated rings. The molecule has 0 saturated carbocycles. The van der Waals surface area contributed by atoms with Gasteiger partial charge in [0.25, 0.3) is 0 Å². The number of pyridine rings is 1. The number of hydrogen-bond donors (Lipinski definition) is 2. The number of rotatable bonds is 9. The Kier molecular flexibility index (Phi) is 8.44. The van der Waals surface area contributed by atoms with E-state index in [9.17, 15) is 4.39 Å². The van der Waals surface area contributed by atoms with Crippen LogP contribution in [0.5, 0.6) is 11.5 Å². The van der Waals surface area contributed by atoms with Crippen LogP contribution in [0, 0.1) is 5.82 Å². The number of benzene rings is 3. The number of hydrogen-bond acceptors (Lipinski definition) is 6. The Morgan fingerprint density at radius 3 is 2.62 bits per heavy atom. The van der Waals surface area contributed by atoms with Crippen molar-refractivity contribution in [2.45, 2.75) is 38.2 Å². The van der Waals surface area contributed by atoms with Crippen molar-refractivity contribution in [3.63, 3.8) is 0 Å². The van der Waals surface area contributed by atoms with Gasteiger partial charge in [-0.2, -0.15) is 0 Å². The van der Waals surface area contributed by atoms with Crippen molar-refractivity contribution in [1.29, 1.82) is 0 Å². The highest BCUT2D eigenvalue weighted by Gasteiger charge is 2.21. The molecule has 0 unspecified atom stereocenters. The number of H-pyrrole nitrogens is 1. The lowest BCUT2D eigenvalue weighted by Crippen LogP contribution is -2.34. The molecule has 5 aromatic rings. The van der Waals surface area contributed by atoms with E-state index in [4.69, 9.17) is 14.5 Å². The van der Waals surface area contributed by atoms with E-state index in [2.05, 4.69) is 56.6 Å². The maximum Gasteiger partial charge on any atom is 0.138 e. The molecule has 0 radical (unpaired) electrons. The first kappa shape index (κ1) is 29.8. The van der Waals surface area contributed by atoms with E-state index in [-0.39, 0.29) is 11.9 Å². The lowest BCUT2D eigenvalue weighted by molar-refractivity contribution is 0.162. The number of nitrogens with zero attached hydrogens (tertiary/aromatic N) is 3. The van der Waals surface area contributed by atoms with Gasteiger partial charge in [0, 0.05) is 47.4 Å². The third-order valence-electron chi connectivity index (χ3n) is 9.63. The van der Waals surface area contributed by atoms with Gasteiger partial charge in [-0.15, -0.1) is 0 Å². The molecule has 8 heteroatoms. The van der Waals surface area contributed by atoms with Crippen LogP contribution in [0.3, 0.4) is 0 Å². The first-order chi connectivity index (χ1) is 23.2. The standard InChI is InChI=1S/C39H40FN5O2/c40-30-18-28(19-32(22-30)46-17-16-45-14-1-2-15-45)34-4-3-5-37-36(34)23-38(44-37)39-35-21-27(7-6-26(35)8-13-43-39)29-20-33(25-42-24-29)47-31-9-11-41-12-10-31/h3-7,18-25,31,41,44H,1-2,8-17H2. The predicted octanol–water partition coefficient (Wildman–Crippen LogP) is 7.03. The number of halogens is 1. The molecular weight excluding hydrogens is 589 g/mol. The Morgan fingerprint density at radius 1 is 0.851 bits per heavy atom. The lowest BCUT2D eigenvalue weighted by atomic mass is 9.92. The van der Waals surface area contributed by atoms with Crippen molar-refractivity contribution in [1.82, 2.24) is 20.2 Å². The van der Waals surface area contributed by atoms with Crippen molar-refractivity contribution in [2.24, 2.45) is 4.99 Å². The largest absolute Gasteiger partial charge is 0.492 e. The van der Waals surface area contributed by atoms with Crippen LogP contribution in [-0.4, -0.2) is 72.6 Å². The number of piperidine rings is 1. The summed E-state index contributed by atoms with van der Waals surface area (Å²) in [4.78, 5) is 15.6. The molecule has 8 rings (SSSR count). The van der Waals surface area contributed by atoms with Crippen molar-refractivity contribution in [2.75, 3.05) is 45.9 Å². The monoisotopic (exact) mass is 629 g/mol. The normalized spacial score (nSPS) is 17.1. The van der Waals surface area contributed by atoms with Gasteiger partial charge in [-0.1, -0.05) is 24.3 Å². The van der Waals surface area contributed by atoms with Crippen LogP contribution in [0.1, 0.15) is 42.5 Å². The van der Waals surface area contributed by atoms with Gasteiger partial charge in [-0.25, -0.2) is 4.39 Å². The minimum absolute atomic E-state index is 0.216. The van der Waals surface area contributed by atoms with Crippen LogP contribution in [0.15, 0.2) is 84.1 Å². The third-order valence-corrected chi connectivity index (χ3v) is 9.63. The molecule has 0 bridgehead atoms. The summed E-state index contributed by atoms with van der Waals surface area (Å²) in [5.74, 6) is 1.07. The average Bonchev–Trinajstić information content (AvgIpc) is 3.79. The number of nitrogens with one attached hydrogen (secondary N) is 2. The Labute approximate surface area is 274 Å². The molecule has 2 aromatic heterocycles. The number of aliphatic imine (C=N–C) groups is 1. The number of fused-ring (bicyclic) bond motifs is 2. The average molecular weight is 630 g/mol. The molecule has 47 heavy (non-hydrogen) atoms. The van der Waals surface area contributed by atoms with Crippen molar-refractivity contribution < 1.29 is 13.9 Å². The van der Waals surface area contributed by atoms with E-state index in [1.165, 1.54) is 24.5 Å². The molecule has 0 amide bonds. The van der Waals surface area contributed by atoms with Crippen molar-refractivity contribution in [3.8, 4) is 33.8 Å². The fraction of sp³-hybridized carbons (Fsp3) is 0.333. The smallest absolute Gasteiger partial charge is 0.138 e. The number of aromatic amines is 1. The molecule has 0 atom stereocenters. The van der Waals surface area contributed by atoms with Gasteiger partial charge < -0.3 is 19.8 Å². The lowest BCUT2D eigenvalue weighted by Gasteiger charge is -2.24. The van der Waals surface area contributed by atoms with E-state index in [0.29, 0.717) is 12.4 Å². The Balaban J connectivity index is 1.07. The molecule has 0 spiro atoms. The minimum Gasteiger partial charge on any atom is -0.492 e. The second-order valence-corrected chi connectivity index (χ2v) is 12.9. The Morgan fingerprint density at radius 2 is 1.72 bits per heavy atom. The summed E-state index contributed by atoms with van der Waals surface area (Å²) in [6, 6.07) is 22.0. The molecule has 3 aliphatic heterocycles. The summed E-state index contributed by atoms with van der Waals surface area (Å²) in [6.07, 6.45) is 9.30. The van der Waals surface area contributed by atoms with Gasteiger partial charge in [0.15, 0.2) is 0 Å². The fourth-order valence-electron chi connectivity index (χ4n) is 7.18. The third kappa shape index (κ3) is 6.53. The number of ether oxygens (including phenoxy) is 2. The molecule has 3 aromatic carbocycles. The van der Waals surface area contributed by atoms with Gasteiger partial charge in [0.05, 0.1) is 17.6 Å². The van der Waals surface area contributed by atoms with E-state index >= 15 is 0 Å². The fourth-order valence-corrected chi connectivity index (χ4v) is 7.18. The van der Waals surface area contributed by atoms with Crippen molar-refractivity contribution in [3.05, 3.63) is 102 Å². The summed E-state index contributed by atoms with van der Waals surface area (Å²) in [6.45, 7) is 6.34. The Bertz CT molecular complexity index is 1920. The topological polar surface area (TPSA) is 74.8 Å². The van der Waals surface area contributed by atoms with Crippen LogP contribution in [-0.2, 0) is 6.42 Å². The van der Waals surface area contributed by atoms with Gasteiger partial charge >= 0.3 is 0 Å². The van der Waals surface area contributed by atoms with E-state index < -0.39 is 0 Å². The van der Waals surface area contributed by atoms with Crippen molar-refractivity contribution >= 4 is 16.6 Å². The Hall–Kier alpha value is -4.53. The van der Waals surface area contributed by atoms with E-state index in [1.807, 2.05) is 24.4 Å². The maximum atomic E-state index is 14.9. The molecule has 2 N–H and O–H groups in total. The first-order valence-corrected chi connectivity index (χ1v) is 16.9. The molecular formula is C39H40FN5O2. The van der Waals surface area contributed by atoms with Crippen LogP contribution in [0.2, 0.25) is 0 Å². The van der Waals surface area contributed by atoms with Gasteiger partial charge in [-0.3, -0.25) is 14.9 Å². The summed E-state index contributed by atoms with van der Waals surface area (Å²) in [5.41, 5.74) is 9.11. The highest BCUT2D eigenvalue weighted by molar-refractivity contribution is 6.16. The quantitative estimate of drug-likeness (QED) is 0.183. The predicted molar refractivity (Wildman–Crippen MR) is 185 cm³/mol. The molecule has 3 aliphatic rings. The van der Waals surface area contributed by atoms with Crippen LogP contribution < -0.4 is 14.8 Å². The van der Waals surface area contributed by atoms with Crippen LogP contribution in [0.25, 0.3) is 33.2 Å². The molecule has 7 nitrogen and oxygen atoms in total. The summed E-state index contributed by atoms with van der Waals surface area (Å²) in [7, 11) is 0. The van der Waals surface area contributed by atoms with E-state index in [1.54, 1.807) is 12.3 Å². The van der Waals surface area contributed by atoms with Crippen LogP contribution in [0.4, 0.5) is 4.39 Å². The second kappa shape index (κ2) is 13.3. The van der Waals surface area contributed by atoms with Gasteiger partial charge in [0.2, 0.25) is 0 Å². The number of likely N-dealkylation sites (tertiary alicyclic amines) is 1. The van der Waals surface area contributed by atoms with Gasteiger partial charge in [0.1, 0.15) is 30.0 Å². The highest BCUT2D eigenvalue weighted by Crippen LogP contribution is 2.34. The number of aromatic nitrogens is 2. The summed E-state index contributed by atoms with van der Waals surface area (Å²) in [5, 5.41) is 4.41. The van der Waals surface area contributed by atoms with Gasteiger partial charge in [-0.05, 0) is 117 Å². The maximum absolute atomic E-state index is 14.9. The molecule has 2 saturated heterocycles. The molecule has 5 heterocycles. The van der Waals surface area contributed by atoms with Crippen LogP contribution >= 0.6 is 0 Å². The zero-order valence-corrected chi connectivity index (χ0v) is 26.6. The minimum atomic E-state index is -0.302. The first-order valence-electron chi connectivity index (χ1n) is 16.9. The summed E-state index contributed by atoms with van der Waals surface area (Å²) < 4.78 is 27.2. The SMILES string of the molecule is Fc1cc(OCCN2CCCC2)cc(-c2cccc3[nH]c(C4=NCCc5ccc(-c6cncc(OC7CCNCC7)c6)cc54)cc23)c1. The zero-order chi connectivity index (χ0) is 31.6. The summed E-state index contributed by atoms with van der Waals surface area (Å²) >= 11 is 0. The van der Waals surface area contributed by atoms with E-state index in [0.717, 1.165) is 114 Å². The molecule has 0 aliphatic carbocycles. The zero-order valence-electron chi connectivity index (χ0n) is 26.6. The molecule has 240 valence electrons. The second-order valence-electron chi connectivity index (χ2n) is 12.9. The highest BCUT2D eigenvalue weighted by atomic mass is 19.1.